The molecule has 0 aliphatic heterocycles. The van der Waals surface area contributed by atoms with Crippen LogP contribution in [0.1, 0.15) is 33.1 Å². The number of hydrogen-bond donors (Lipinski definition) is 1. The lowest BCUT2D eigenvalue weighted by Gasteiger charge is -2.21. The quantitative estimate of drug-likeness (QED) is 0.848. The van der Waals surface area contributed by atoms with Crippen molar-refractivity contribution in [2.75, 3.05) is 6.54 Å². The number of nitrogens with one attached hydrogen (secondary N) is 1. The van der Waals surface area contributed by atoms with Crippen molar-refractivity contribution >= 4 is 23.4 Å². The van der Waals surface area contributed by atoms with Gasteiger partial charge < -0.3 is 5.32 Å². The number of benzene rings is 1. The van der Waals surface area contributed by atoms with Gasteiger partial charge in [-0.2, -0.15) is 0 Å². The summed E-state index contributed by atoms with van der Waals surface area (Å²) in [4.78, 5) is 1.23. The van der Waals surface area contributed by atoms with Crippen LogP contribution in [-0.4, -0.2) is 17.8 Å². The molecule has 1 fully saturated rings. The Labute approximate surface area is 120 Å². The van der Waals surface area contributed by atoms with Gasteiger partial charge in [-0.25, -0.2) is 0 Å². The first-order valence-corrected chi connectivity index (χ1v) is 8.12. The molecule has 0 bridgehead atoms. The molecule has 100 valence electrons. The summed E-state index contributed by atoms with van der Waals surface area (Å²) < 4.78 is 0. The van der Waals surface area contributed by atoms with Gasteiger partial charge in [0.25, 0.3) is 0 Å². The van der Waals surface area contributed by atoms with Crippen molar-refractivity contribution < 1.29 is 0 Å². The molecule has 1 aromatic rings. The first-order chi connectivity index (χ1) is 8.72. The molecule has 0 heterocycles. The van der Waals surface area contributed by atoms with Crippen molar-refractivity contribution in [3.63, 3.8) is 0 Å². The second kappa shape index (κ2) is 6.83. The largest absolute Gasteiger partial charge is 0.314 e. The maximum Gasteiger partial charge on any atom is 0.0541 e. The molecule has 0 aromatic heterocycles. The van der Waals surface area contributed by atoms with E-state index in [9.17, 15) is 0 Å². The summed E-state index contributed by atoms with van der Waals surface area (Å²) in [6, 6.07) is 8.87. The van der Waals surface area contributed by atoms with Crippen LogP contribution in [0.4, 0.5) is 0 Å². The summed E-state index contributed by atoms with van der Waals surface area (Å²) >= 11 is 8.19. The third kappa shape index (κ3) is 3.43. The van der Waals surface area contributed by atoms with Crippen molar-refractivity contribution in [2.24, 2.45) is 5.92 Å². The molecule has 1 aliphatic rings. The Hall–Kier alpha value is -0.180. The van der Waals surface area contributed by atoms with E-state index < -0.39 is 0 Å². The monoisotopic (exact) mass is 283 g/mol. The highest BCUT2D eigenvalue weighted by Crippen LogP contribution is 2.41. The standard InChI is InChI=1S/C15H22ClNS/c1-3-10-17-13-8-9-14(11(13)2)18-15-7-5-4-6-12(15)16/h4-7,11,13-14,17H,3,8-10H2,1-2H3. The van der Waals surface area contributed by atoms with Gasteiger partial charge in [0.05, 0.1) is 5.02 Å². The van der Waals surface area contributed by atoms with Crippen LogP contribution in [-0.2, 0) is 0 Å². The highest BCUT2D eigenvalue weighted by Gasteiger charge is 2.33. The van der Waals surface area contributed by atoms with Gasteiger partial charge in [0.2, 0.25) is 0 Å². The van der Waals surface area contributed by atoms with Crippen LogP contribution in [0.15, 0.2) is 29.2 Å². The van der Waals surface area contributed by atoms with Gasteiger partial charge in [-0.15, -0.1) is 11.8 Å². The number of hydrogen-bond acceptors (Lipinski definition) is 2. The summed E-state index contributed by atoms with van der Waals surface area (Å²) in [5.41, 5.74) is 0. The Morgan fingerprint density at radius 1 is 1.33 bits per heavy atom. The SMILES string of the molecule is CCCNC1CCC(Sc2ccccc2Cl)C1C. The summed E-state index contributed by atoms with van der Waals surface area (Å²) in [5, 5.41) is 5.25. The lowest BCUT2D eigenvalue weighted by atomic mass is 10.1. The fourth-order valence-electron chi connectivity index (χ4n) is 2.62. The number of halogens is 1. The number of thioether (sulfide) groups is 1. The van der Waals surface area contributed by atoms with E-state index in [0.717, 1.165) is 17.5 Å². The van der Waals surface area contributed by atoms with E-state index >= 15 is 0 Å². The lowest BCUT2D eigenvalue weighted by Crippen LogP contribution is -2.33. The molecule has 0 radical (unpaired) electrons. The average molecular weight is 284 g/mol. The second-order valence-corrected chi connectivity index (χ2v) is 6.77. The van der Waals surface area contributed by atoms with E-state index in [1.807, 2.05) is 23.9 Å². The molecule has 0 amide bonds. The first kappa shape index (κ1) is 14.2. The van der Waals surface area contributed by atoms with Crippen molar-refractivity contribution in [1.29, 1.82) is 0 Å². The van der Waals surface area contributed by atoms with Crippen molar-refractivity contribution in [2.45, 2.75) is 49.3 Å². The van der Waals surface area contributed by atoms with Crippen LogP contribution in [0.2, 0.25) is 5.02 Å². The minimum Gasteiger partial charge on any atom is -0.314 e. The van der Waals surface area contributed by atoms with Crippen molar-refractivity contribution in [3.8, 4) is 0 Å². The highest BCUT2D eigenvalue weighted by atomic mass is 35.5. The van der Waals surface area contributed by atoms with Crippen LogP contribution >= 0.6 is 23.4 Å². The topological polar surface area (TPSA) is 12.0 Å². The maximum absolute atomic E-state index is 6.23. The molecule has 1 nitrogen and oxygen atoms in total. The zero-order valence-corrected chi connectivity index (χ0v) is 12.7. The van der Waals surface area contributed by atoms with Gasteiger partial charge in [-0.1, -0.05) is 37.6 Å². The lowest BCUT2D eigenvalue weighted by molar-refractivity contribution is 0.432. The third-order valence-electron chi connectivity index (χ3n) is 3.75. The fourth-order valence-corrected chi connectivity index (χ4v) is 4.21. The van der Waals surface area contributed by atoms with E-state index in [-0.39, 0.29) is 0 Å². The first-order valence-electron chi connectivity index (χ1n) is 6.87. The molecule has 0 spiro atoms. The Balaban J connectivity index is 1.93. The average Bonchev–Trinajstić information content (AvgIpc) is 2.71. The molecule has 3 heteroatoms. The van der Waals surface area contributed by atoms with E-state index in [1.165, 1.54) is 24.2 Å². The third-order valence-corrected chi connectivity index (χ3v) is 5.77. The Kier molecular flexibility index (Phi) is 5.40. The van der Waals surface area contributed by atoms with Crippen LogP contribution in [0.25, 0.3) is 0 Å². The van der Waals surface area contributed by atoms with Gasteiger partial charge in [0, 0.05) is 16.2 Å². The number of rotatable bonds is 5. The maximum atomic E-state index is 6.23. The highest BCUT2D eigenvalue weighted by molar-refractivity contribution is 8.00. The van der Waals surface area contributed by atoms with Gasteiger partial charge in [-0.3, -0.25) is 0 Å². The minimum absolute atomic E-state index is 0.685. The van der Waals surface area contributed by atoms with E-state index in [1.54, 1.807) is 0 Å². The predicted octanol–water partition coefficient (Wildman–Crippen LogP) is 4.60. The Morgan fingerprint density at radius 2 is 2.11 bits per heavy atom. The van der Waals surface area contributed by atoms with Gasteiger partial charge >= 0.3 is 0 Å². The smallest absolute Gasteiger partial charge is 0.0541 e. The summed E-state index contributed by atoms with van der Waals surface area (Å²) in [5.74, 6) is 0.720. The molecule has 1 aliphatic carbocycles. The molecule has 0 saturated heterocycles. The zero-order chi connectivity index (χ0) is 13.0. The minimum atomic E-state index is 0.685. The predicted molar refractivity (Wildman–Crippen MR) is 81.6 cm³/mol. The Bertz CT molecular complexity index is 383. The molecule has 3 atom stereocenters. The Morgan fingerprint density at radius 3 is 2.83 bits per heavy atom. The van der Waals surface area contributed by atoms with Crippen LogP contribution in [0, 0.1) is 5.92 Å². The molecular formula is C15H22ClNS. The van der Waals surface area contributed by atoms with Gasteiger partial charge in [0.15, 0.2) is 0 Å². The normalized spacial score (nSPS) is 27.6. The van der Waals surface area contributed by atoms with Crippen LogP contribution in [0.3, 0.4) is 0 Å². The van der Waals surface area contributed by atoms with Gasteiger partial charge in [-0.05, 0) is 43.9 Å². The summed E-state index contributed by atoms with van der Waals surface area (Å²) in [6.07, 6.45) is 3.80. The van der Waals surface area contributed by atoms with E-state index in [2.05, 4.69) is 31.3 Å². The molecule has 1 N–H and O–H groups in total. The molecular weight excluding hydrogens is 262 g/mol. The van der Waals surface area contributed by atoms with Crippen LogP contribution in [0.5, 0.6) is 0 Å². The molecule has 3 unspecified atom stereocenters. The van der Waals surface area contributed by atoms with Crippen LogP contribution < -0.4 is 5.32 Å². The van der Waals surface area contributed by atoms with E-state index in [0.29, 0.717) is 11.3 Å². The molecule has 2 rings (SSSR count). The van der Waals surface area contributed by atoms with Gasteiger partial charge in [0.1, 0.15) is 0 Å². The van der Waals surface area contributed by atoms with E-state index in [4.69, 9.17) is 11.6 Å². The van der Waals surface area contributed by atoms with Crippen molar-refractivity contribution in [3.05, 3.63) is 29.3 Å². The van der Waals surface area contributed by atoms with Crippen molar-refractivity contribution in [1.82, 2.24) is 5.32 Å². The fraction of sp³-hybridized carbons (Fsp3) is 0.600. The molecule has 1 saturated carbocycles. The molecule has 1 aromatic carbocycles. The summed E-state index contributed by atoms with van der Waals surface area (Å²) in [7, 11) is 0. The second-order valence-electron chi connectivity index (χ2n) is 5.08. The molecule has 18 heavy (non-hydrogen) atoms. The zero-order valence-electron chi connectivity index (χ0n) is 11.2. The summed E-state index contributed by atoms with van der Waals surface area (Å²) in [6.45, 7) is 5.73.